The summed E-state index contributed by atoms with van der Waals surface area (Å²) < 4.78 is 57.8. The molecule has 0 unspecified atom stereocenters. The highest BCUT2D eigenvalue weighted by Crippen LogP contribution is 2.36. The fourth-order valence-electron chi connectivity index (χ4n) is 1.72. The van der Waals surface area contributed by atoms with Crippen molar-refractivity contribution in [2.75, 3.05) is 0 Å². The Morgan fingerprint density at radius 1 is 1.00 bits per heavy atom. The molecule has 0 saturated heterocycles. The summed E-state index contributed by atoms with van der Waals surface area (Å²) in [5.41, 5.74) is -0.678. The predicted octanol–water partition coefficient (Wildman–Crippen LogP) is 6.29. The summed E-state index contributed by atoms with van der Waals surface area (Å²) in [5.74, 6) is -0.446. The SMILES string of the molecule is Fc1cc(Br)cc(Oc2ccc(CBr)c(C(F)(F)F)c2)c1. The maximum atomic E-state index is 13.2. The largest absolute Gasteiger partial charge is 0.457 e. The van der Waals surface area contributed by atoms with Crippen LogP contribution in [-0.4, -0.2) is 0 Å². The molecule has 7 heteroatoms. The van der Waals surface area contributed by atoms with Gasteiger partial charge < -0.3 is 4.74 Å². The van der Waals surface area contributed by atoms with Crippen molar-refractivity contribution in [1.29, 1.82) is 0 Å². The number of benzene rings is 2. The Balaban J connectivity index is 2.37. The summed E-state index contributed by atoms with van der Waals surface area (Å²) in [6, 6.07) is 7.41. The second kappa shape index (κ2) is 6.36. The van der Waals surface area contributed by atoms with Gasteiger partial charge in [0.15, 0.2) is 0 Å². The van der Waals surface area contributed by atoms with E-state index in [-0.39, 0.29) is 22.4 Å². The van der Waals surface area contributed by atoms with E-state index in [1.54, 1.807) is 0 Å². The first-order chi connectivity index (χ1) is 9.79. The van der Waals surface area contributed by atoms with Crippen LogP contribution < -0.4 is 4.74 Å². The average molecular weight is 428 g/mol. The quantitative estimate of drug-likeness (QED) is 0.413. The summed E-state index contributed by atoms with van der Waals surface area (Å²) in [7, 11) is 0. The summed E-state index contributed by atoms with van der Waals surface area (Å²) in [5, 5.41) is 0.0770. The summed E-state index contributed by atoms with van der Waals surface area (Å²) in [4.78, 5) is 0. The van der Waals surface area contributed by atoms with Gasteiger partial charge in [-0.3, -0.25) is 0 Å². The average Bonchev–Trinajstić information content (AvgIpc) is 2.36. The third kappa shape index (κ3) is 4.20. The molecule has 0 amide bonds. The smallest absolute Gasteiger partial charge is 0.416 e. The zero-order valence-electron chi connectivity index (χ0n) is 10.3. The molecule has 112 valence electrons. The molecule has 0 spiro atoms. The topological polar surface area (TPSA) is 9.23 Å². The Morgan fingerprint density at radius 2 is 1.71 bits per heavy atom. The number of rotatable bonds is 3. The Hall–Kier alpha value is -1.08. The monoisotopic (exact) mass is 426 g/mol. The molecule has 0 aliphatic heterocycles. The number of hydrogen-bond donors (Lipinski definition) is 0. The number of halogens is 6. The van der Waals surface area contributed by atoms with Crippen molar-refractivity contribution >= 4 is 31.9 Å². The molecule has 0 atom stereocenters. The predicted molar refractivity (Wildman–Crippen MR) is 78.2 cm³/mol. The summed E-state index contributed by atoms with van der Waals surface area (Å²) in [6.07, 6.45) is -4.48. The maximum absolute atomic E-state index is 13.2. The zero-order valence-corrected chi connectivity index (χ0v) is 13.5. The van der Waals surface area contributed by atoms with Gasteiger partial charge in [0.25, 0.3) is 0 Å². The number of alkyl halides is 4. The van der Waals surface area contributed by atoms with Gasteiger partial charge >= 0.3 is 6.18 Å². The van der Waals surface area contributed by atoms with Crippen LogP contribution in [0.3, 0.4) is 0 Å². The molecular formula is C14H8Br2F4O. The van der Waals surface area contributed by atoms with Crippen LogP contribution in [0.25, 0.3) is 0 Å². The van der Waals surface area contributed by atoms with Crippen molar-refractivity contribution in [3.8, 4) is 11.5 Å². The number of ether oxygens (including phenoxy) is 1. The Morgan fingerprint density at radius 3 is 2.29 bits per heavy atom. The van der Waals surface area contributed by atoms with E-state index in [0.29, 0.717) is 4.47 Å². The van der Waals surface area contributed by atoms with Gasteiger partial charge in [-0.15, -0.1) is 0 Å². The van der Waals surface area contributed by atoms with Crippen molar-refractivity contribution in [2.45, 2.75) is 11.5 Å². The fraction of sp³-hybridized carbons (Fsp3) is 0.143. The molecule has 0 N–H and O–H groups in total. The van der Waals surface area contributed by atoms with E-state index >= 15 is 0 Å². The Kier molecular flexibility index (Phi) is 4.93. The van der Waals surface area contributed by atoms with Crippen molar-refractivity contribution in [2.24, 2.45) is 0 Å². The highest BCUT2D eigenvalue weighted by Gasteiger charge is 2.33. The normalized spacial score (nSPS) is 11.5. The zero-order chi connectivity index (χ0) is 15.6. The third-order valence-electron chi connectivity index (χ3n) is 2.60. The van der Waals surface area contributed by atoms with Crippen LogP contribution in [-0.2, 0) is 11.5 Å². The number of hydrogen-bond acceptors (Lipinski definition) is 1. The van der Waals surface area contributed by atoms with Crippen LogP contribution in [0.4, 0.5) is 17.6 Å². The summed E-state index contributed by atoms with van der Waals surface area (Å²) in [6.45, 7) is 0. The molecule has 2 rings (SSSR count). The van der Waals surface area contributed by atoms with E-state index < -0.39 is 17.6 Å². The highest BCUT2D eigenvalue weighted by molar-refractivity contribution is 9.10. The second-order valence-corrected chi connectivity index (χ2v) is 5.63. The van der Waals surface area contributed by atoms with Crippen LogP contribution in [0, 0.1) is 5.82 Å². The van der Waals surface area contributed by atoms with E-state index in [1.165, 1.54) is 24.3 Å². The van der Waals surface area contributed by atoms with Crippen molar-refractivity contribution in [3.63, 3.8) is 0 Å². The minimum atomic E-state index is -4.48. The lowest BCUT2D eigenvalue weighted by molar-refractivity contribution is -0.138. The molecule has 0 bridgehead atoms. The minimum Gasteiger partial charge on any atom is -0.457 e. The van der Waals surface area contributed by atoms with Gasteiger partial charge in [-0.1, -0.05) is 37.9 Å². The van der Waals surface area contributed by atoms with Gasteiger partial charge in [0.2, 0.25) is 0 Å². The molecule has 2 aromatic rings. The van der Waals surface area contributed by atoms with E-state index in [9.17, 15) is 17.6 Å². The first-order valence-corrected chi connectivity index (χ1v) is 7.61. The van der Waals surface area contributed by atoms with Crippen molar-refractivity contribution < 1.29 is 22.3 Å². The maximum Gasteiger partial charge on any atom is 0.416 e. The van der Waals surface area contributed by atoms with Crippen LogP contribution >= 0.6 is 31.9 Å². The molecule has 0 aliphatic carbocycles. The molecule has 2 aromatic carbocycles. The van der Waals surface area contributed by atoms with Crippen LogP contribution in [0.2, 0.25) is 0 Å². The molecule has 0 saturated carbocycles. The Labute approximate surface area is 135 Å². The molecule has 0 fully saturated rings. The van der Waals surface area contributed by atoms with Gasteiger partial charge in [-0.05, 0) is 29.8 Å². The fourth-order valence-corrected chi connectivity index (χ4v) is 2.66. The third-order valence-corrected chi connectivity index (χ3v) is 3.66. The summed E-state index contributed by atoms with van der Waals surface area (Å²) >= 11 is 6.10. The van der Waals surface area contributed by atoms with Crippen molar-refractivity contribution in [3.05, 3.63) is 57.8 Å². The highest BCUT2D eigenvalue weighted by atomic mass is 79.9. The molecule has 1 nitrogen and oxygen atoms in total. The van der Waals surface area contributed by atoms with Crippen LogP contribution in [0.15, 0.2) is 40.9 Å². The van der Waals surface area contributed by atoms with Gasteiger partial charge in [-0.25, -0.2) is 4.39 Å². The van der Waals surface area contributed by atoms with Gasteiger partial charge in [0.05, 0.1) is 5.56 Å². The molecule has 21 heavy (non-hydrogen) atoms. The lowest BCUT2D eigenvalue weighted by Crippen LogP contribution is -2.08. The van der Waals surface area contributed by atoms with E-state index in [4.69, 9.17) is 4.74 Å². The molecule has 0 aliphatic rings. The lowest BCUT2D eigenvalue weighted by atomic mass is 10.1. The standard InChI is InChI=1S/C14H8Br2F4O/c15-7-8-1-2-11(6-13(8)14(18,19)20)21-12-4-9(16)3-10(17)5-12/h1-6H,7H2. The Bertz CT molecular complexity index is 636. The molecule has 0 heterocycles. The second-order valence-electron chi connectivity index (χ2n) is 4.16. The van der Waals surface area contributed by atoms with Crippen molar-refractivity contribution in [1.82, 2.24) is 0 Å². The first kappa shape index (κ1) is 16.3. The van der Waals surface area contributed by atoms with Crippen LogP contribution in [0.1, 0.15) is 11.1 Å². The first-order valence-electron chi connectivity index (χ1n) is 5.69. The molecule has 0 aromatic heterocycles. The molecular weight excluding hydrogens is 420 g/mol. The van der Waals surface area contributed by atoms with E-state index in [0.717, 1.165) is 12.1 Å². The van der Waals surface area contributed by atoms with Gasteiger partial charge in [0, 0.05) is 15.9 Å². The minimum absolute atomic E-state index is 0.00970. The lowest BCUT2D eigenvalue weighted by Gasteiger charge is -2.14. The van der Waals surface area contributed by atoms with Gasteiger partial charge in [0.1, 0.15) is 17.3 Å². The van der Waals surface area contributed by atoms with E-state index in [1.807, 2.05) is 0 Å². The van der Waals surface area contributed by atoms with Crippen LogP contribution in [0.5, 0.6) is 11.5 Å². The van der Waals surface area contributed by atoms with E-state index in [2.05, 4.69) is 31.9 Å². The molecule has 0 radical (unpaired) electrons. The van der Waals surface area contributed by atoms with Gasteiger partial charge in [-0.2, -0.15) is 13.2 Å².